The number of ether oxygens (including phenoxy) is 2. The summed E-state index contributed by atoms with van der Waals surface area (Å²) in [6, 6.07) is 13.1. The lowest BCUT2D eigenvalue weighted by atomic mass is 9.97. The number of benzene rings is 2. The zero-order valence-corrected chi connectivity index (χ0v) is 17.8. The molecule has 0 atom stereocenters. The summed E-state index contributed by atoms with van der Waals surface area (Å²) in [6.45, 7) is 3.31. The Hall–Kier alpha value is -2.58. The van der Waals surface area contributed by atoms with Crippen LogP contribution < -0.4 is 14.8 Å². The van der Waals surface area contributed by atoms with E-state index < -0.39 is 10.0 Å². The Bertz CT molecular complexity index is 1030. The molecule has 7 nitrogen and oxygen atoms in total. The second kappa shape index (κ2) is 8.65. The van der Waals surface area contributed by atoms with Crippen molar-refractivity contribution in [2.75, 3.05) is 19.9 Å². The van der Waals surface area contributed by atoms with Crippen LogP contribution in [0, 0.1) is 12.8 Å². The Morgan fingerprint density at radius 3 is 2.60 bits per heavy atom. The fourth-order valence-corrected chi connectivity index (χ4v) is 5.43. The third kappa shape index (κ3) is 4.76. The monoisotopic (exact) mass is 430 g/mol. The topological polar surface area (TPSA) is 84.9 Å². The zero-order chi connectivity index (χ0) is 21.1. The molecule has 0 bridgehead atoms. The molecule has 2 aromatic rings. The van der Waals surface area contributed by atoms with Gasteiger partial charge in [-0.3, -0.25) is 4.79 Å². The van der Waals surface area contributed by atoms with Crippen LogP contribution in [0.4, 0.5) is 0 Å². The van der Waals surface area contributed by atoms with Gasteiger partial charge in [-0.25, -0.2) is 12.7 Å². The van der Waals surface area contributed by atoms with Crippen molar-refractivity contribution in [3.8, 4) is 11.5 Å². The average molecular weight is 431 g/mol. The number of carbonyl (C=O) groups excluding carboxylic acids is 1. The van der Waals surface area contributed by atoms with Gasteiger partial charge in [-0.2, -0.15) is 0 Å². The highest BCUT2D eigenvalue weighted by Gasteiger charge is 2.31. The van der Waals surface area contributed by atoms with E-state index in [4.69, 9.17) is 9.47 Å². The quantitative estimate of drug-likeness (QED) is 0.761. The molecule has 1 fully saturated rings. The molecular weight excluding hydrogens is 404 g/mol. The van der Waals surface area contributed by atoms with Crippen LogP contribution in [0.15, 0.2) is 42.5 Å². The lowest BCUT2D eigenvalue weighted by molar-refractivity contribution is -0.126. The van der Waals surface area contributed by atoms with Crippen LogP contribution in [-0.2, 0) is 27.1 Å². The van der Waals surface area contributed by atoms with Gasteiger partial charge in [0.25, 0.3) is 0 Å². The maximum absolute atomic E-state index is 12.7. The van der Waals surface area contributed by atoms with Gasteiger partial charge in [0, 0.05) is 25.6 Å². The van der Waals surface area contributed by atoms with Gasteiger partial charge in [-0.15, -0.1) is 0 Å². The third-order valence-electron chi connectivity index (χ3n) is 5.55. The van der Waals surface area contributed by atoms with Crippen molar-refractivity contribution >= 4 is 15.9 Å². The molecule has 1 N–H and O–H groups in total. The number of rotatable bonds is 6. The third-order valence-corrected chi connectivity index (χ3v) is 7.40. The molecule has 0 aliphatic carbocycles. The van der Waals surface area contributed by atoms with Crippen molar-refractivity contribution < 1.29 is 22.7 Å². The lowest BCUT2D eigenvalue weighted by Gasteiger charge is -2.30. The number of hydrogen-bond donors (Lipinski definition) is 1. The number of carbonyl (C=O) groups is 1. The van der Waals surface area contributed by atoms with Crippen LogP contribution in [0.25, 0.3) is 0 Å². The summed E-state index contributed by atoms with van der Waals surface area (Å²) in [4.78, 5) is 12.6. The molecule has 0 aromatic heterocycles. The molecule has 2 heterocycles. The van der Waals surface area contributed by atoms with Crippen molar-refractivity contribution in [2.45, 2.75) is 32.1 Å². The largest absolute Gasteiger partial charge is 0.454 e. The minimum absolute atomic E-state index is 0.00431. The molecule has 2 aliphatic rings. The highest BCUT2D eigenvalue weighted by molar-refractivity contribution is 7.88. The van der Waals surface area contributed by atoms with Crippen molar-refractivity contribution in [3.63, 3.8) is 0 Å². The van der Waals surface area contributed by atoms with Gasteiger partial charge < -0.3 is 14.8 Å². The first kappa shape index (κ1) is 20.7. The number of amides is 1. The number of aryl methyl sites for hydroxylation is 1. The molecule has 4 rings (SSSR count). The maximum atomic E-state index is 12.7. The molecule has 30 heavy (non-hydrogen) atoms. The Morgan fingerprint density at radius 1 is 1.07 bits per heavy atom. The summed E-state index contributed by atoms with van der Waals surface area (Å²) in [5, 5.41) is 2.96. The second-order valence-corrected chi connectivity index (χ2v) is 9.79. The van der Waals surface area contributed by atoms with Gasteiger partial charge in [-0.05, 0) is 43.0 Å². The summed E-state index contributed by atoms with van der Waals surface area (Å²) >= 11 is 0. The molecule has 160 valence electrons. The number of hydrogen-bond acceptors (Lipinski definition) is 5. The normalized spacial score (nSPS) is 17.1. The first-order chi connectivity index (χ1) is 14.4. The average Bonchev–Trinajstić information content (AvgIpc) is 3.20. The molecule has 0 spiro atoms. The van der Waals surface area contributed by atoms with E-state index >= 15 is 0 Å². The Morgan fingerprint density at radius 2 is 1.83 bits per heavy atom. The summed E-state index contributed by atoms with van der Waals surface area (Å²) < 4.78 is 37.7. The molecule has 1 amide bonds. The fraction of sp³-hybridized carbons (Fsp3) is 0.409. The minimum atomic E-state index is -3.39. The van der Waals surface area contributed by atoms with E-state index in [1.165, 1.54) is 4.31 Å². The van der Waals surface area contributed by atoms with Crippen LogP contribution in [0.1, 0.15) is 29.5 Å². The molecule has 0 radical (unpaired) electrons. The van der Waals surface area contributed by atoms with Gasteiger partial charge in [0.15, 0.2) is 11.5 Å². The molecule has 1 saturated heterocycles. The second-order valence-electron chi connectivity index (χ2n) is 7.82. The predicted molar refractivity (Wildman–Crippen MR) is 113 cm³/mol. The molecule has 8 heteroatoms. The molecule has 2 aromatic carbocycles. The molecule has 0 unspecified atom stereocenters. The zero-order valence-electron chi connectivity index (χ0n) is 17.0. The van der Waals surface area contributed by atoms with Gasteiger partial charge in [0.1, 0.15) is 0 Å². The summed E-state index contributed by atoms with van der Waals surface area (Å²) in [5.74, 6) is 1.18. The van der Waals surface area contributed by atoms with Crippen LogP contribution >= 0.6 is 0 Å². The van der Waals surface area contributed by atoms with E-state index in [0.717, 1.165) is 16.7 Å². The van der Waals surface area contributed by atoms with Gasteiger partial charge in [-0.1, -0.05) is 35.9 Å². The molecular formula is C22H26N2O5S. The van der Waals surface area contributed by atoms with E-state index in [-0.39, 0.29) is 24.4 Å². The number of nitrogens with one attached hydrogen (secondary N) is 1. The number of sulfonamides is 1. The van der Waals surface area contributed by atoms with Crippen LogP contribution in [0.5, 0.6) is 11.5 Å². The fourth-order valence-electron chi connectivity index (χ4n) is 3.88. The van der Waals surface area contributed by atoms with E-state index in [0.29, 0.717) is 44.0 Å². The van der Waals surface area contributed by atoms with Crippen molar-refractivity contribution in [1.82, 2.24) is 9.62 Å². The van der Waals surface area contributed by atoms with Crippen molar-refractivity contribution in [3.05, 3.63) is 59.2 Å². The smallest absolute Gasteiger partial charge is 0.231 e. The van der Waals surface area contributed by atoms with E-state index in [1.807, 2.05) is 49.4 Å². The maximum Gasteiger partial charge on any atom is 0.231 e. The summed E-state index contributed by atoms with van der Waals surface area (Å²) in [7, 11) is -3.39. The Labute approximate surface area is 177 Å². The Balaban J connectivity index is 1.28. The van der Waals surface area contributed by atoms with E-state index in [1.54, 1.807) is 0 Å². The highest BCUT2D eigenvalue weighted by atomic mass is 32.2. The number of fused-ring (bicyclic) bond motifs is 1. The summed E-state index contributed by atoms with van der Waals surface area (Å²) in [6.07, 6.45) is 1.06. The van der Waals surface area contributed by atoms with Gasteiger partial charge >= 0.3 is 0 Å². The van der Waals surface area contributed by atoms with Crippen molar-refractivity contribution in [1.29, 1.82) is 0 Å². The van der Waals surface area contributed by atoms with Crippen molar-refractivity contribution in [2.24, 2.45) is 5.92 Å². The molecule has 2 aliphatic heterocycles. The van der Waals surface area contributed by atoms with Crippen LogP contribution in [0.2, 0.25) is 0 Å². The van der Waals surface area contributed by atoms with Gasteiger partial charge in [0.05, 0.1) is 5.75 Å². The minimum Gasteiger partial charge on any atom is -0.454 e. The molecule has 0 saturated carbocycles. The SMILES string of the molecule is Cc1cccc(CS(=O)(=O)N2CCC(C(=O)NCc3ccc4c(c3)OCO4)CC2)c1. The van der Waals surface area contributed by atoms with E-state index in [2.05, 4.69) is 5.32 Å². The summed E-state index contributed by atoms with van der Waals surface area (Å²) in [5.41, 5.74) is 2.77. The highest BCUT2D eigenvalue weighted by Crippen LogP contribution is 2.32. The first-order valence-corrected chi connectivity index (χ1v) is 11.7. The Kier molecular flexibility index (Phi) is 5.97. The first-order valence-electron chi connectivity index (χ1n) is 10.1. The number of nitrogens with zero attached hydrogens (tertiary/aromatic N) is 1. The van der Waals surface area contributed by atoms with Gasteiger partial charge in [0.2, 0.25) is 22.7 Å². The predicted octanol–water partition coefficient (Wildman–Crippen LogP) is 2.58. The lowest BCUT2D eigenvalue weighted by Crippen LogP contribution is -2.43. The van der Waals surface area contributed by atoms with E-state index in [9.17, 15) is 13.2 Å². The van der Waals surface area contributed by atoms with Crippen LogP contribution in [0.3, 0.4) is 0 Å². The standard InChI is InChI=1S/C22H26N2O5S/c1-16-3-2-4-18(11-16)14-30(26,27)24-9-7-19(8-10-24)22(25)23-13-17-5-6-20-21(12-17)29-15-28-20/h2-6,11-12,19H,7-10,13-15H2,1H3,(H,23,25). The van der Waals surface area contributed by atoms with Crippen LogP contribution in [-0.4, -0.2) is 38.5 Å². The number of piperidine rings is 1.